The number of hydrogen-bond donors (Lipinski definition) is 1. The molecule has 1 aliphatic rings. The van der Waals surface area contributed by atoms with Gasteiger partial charge in [-0.05, 0) is 38.5 Å². The van der Waals surface area contributed by atoms with Gasteiger partial charge in [0.1, 0.15) is 12.1 Å². The maximum absolute atomic E-state index is 12.8. The van der Waals surface area contributed by atoms with E-state index < -0.39 is 17.5 Å². The van der Waals surface area contributed by atoms with Crippen molar-refractivity contribution in [2.45, 2.75) is 26.3 Å². The quantitative estimate of drug-likeness (QED) is 0.822. The molecule has 7 nitrogen and oxygen atoms in total. The number of likely N-dealkylation sites (N-methyl/N-ethyl adjacent to an activating group) is 1. The van der Waals surface area contributed by atoms with Gasteiger partial charge in [-0.3, -0.25) is 14.5 Å². The van der Waals surface area contributed by atoms with Gasteiger partial charge in [0, 0.05) is 13.1 Å². The molecular weight excluding hydrogens is 308 g/mol. The van der Waals surface area contributed by atoms with Gasteiger partial charge in [-0.2, -0.15) is 5.26 Å². The summed E-state index contributed by atoms with van der Waals surface area (Å²) in [5.41, 5.74) is -0.376. The molecule has 0 aliphatic carbocycles. The lowest BCUT2D eigenvalue weighted by atomic mass is 9.91. The third-order valence-electron chi connectivity index (χ3n) is 4.25. The van der Waals surface area contributed by atoms with Crippen LogP contribution < -0.4 is 5.32 Å². The third kappa shape index (κ3) is 2.95. The van der Waals surface area contributed by atoms with E-state index in [1.807, 2.05) is 19.9 Å². The molecule has 0 aromatic heterocycles. The van der Waals surface area contributed by atoms with Gasteiger partial charge in [0.25, 0.3) is 5.91 Å². The van der Waals surface area contributed by atoms with E-state index in [0.29, 0.717) is 24.2 Å². The largest absolute Gasteiger partial charge is 0.342 e. The van der Waals surface area contributed by atoms with E-state index in [0.717, 1.165) is 4.90 Å². The van der Waals surface area contributed by atoms with E-state index in [1.165, 1.54) is 0 Å². The normalized spacial score (nSPS) is 19.8. The zero-order valence-corrected chi connectivity index (χ0v) is 14.0. The van der Waals surface area contributed by atoms with Crippen molar-refractivity contribution < 1.29 is 14.4 Å². The molecule has 4 amide bonds. The van der Waals surface area contributed by atoms with Crippen molar-refractivity contribution in [2.75, 3.05) is 19.6 Å². The molecule has 0 radical (unpaired) electrons. The molecule has 1 aromatic carbocycles. The maximum atomic E-state index is 12.8. The second-order valence-electron chi connectivity index (χ2n) is 5.71. The number of nitrogens with zero attached hydrogens (tertiary/aromatic N) is 3. The van der Waals surface area contributed by atoms with Crippen LogP contribution in [0.4, 0.5) is 4.79 Å². The van der Waals surface area contributed by atoms with E-state index in [2.05, 4.69) is 5.32 Å². The van der Waals surface area contributed by atoms with Crippen molar-refractivity contribution in [2.24, 2.45) is 0 Å². The second-order valence-corrected chi connectivity index (χ2v) is 5.71. The average molecular weight is 328 g/mol. The molecule has 1 saturated heterocycles. The average Bonchev–Trinajstić information content (AvgIpc) is 2.80. The first kappa shape index (κ1) is 17.5. The number of benzene rings is 1. The number of rotatable bonds is 5. The van der Waals surface area contributed by atoms with Crippen LogP contribution in [0.15, 0.2) is 24.3 Å². The van der Waals surface area contributed by atoms with Crippen LogP contribution in [0.25, 0.3) is 0 Å². The SMILES string of the molecule is CCN(CC)C(=O)CN1C(=O)N[C@@](C)(c2cccc(C#N)c2)C1=O. The lowest BCUT2D eigenvalue weighted by Crippen LogP contribution is -2.44. The summed E-state index contributed by atoms with van der Waals surface area (Å²) in [7, 11) is 0. The molecule has 1 atom stereocenters. The van der Waals surface area contributed by atoms with Crippen LogP contribution in [0.2, 0.25) is 0 Å². The third-order valence-corrected chi connectivity index (χ3v) is 4.25. The Morgan fingerprint density at radius 3 is 2.58 bits per heavy atom. The van der Waals surface area contributed by atoms with E-state index in [-0.39, 0.29) is 12.5 Å². The monoisotopic (exact) mass is 328 g/mol. The van der Waals surface area contributed by atoms with Gasteiger partial charge >= 0.3 is 6.03 Å². The molecule has 0 bridgehead atoms. The van der Waals surface area contributed by atoms with Crippen molar-refractivity contribution in [1.82, 2.24) is 15.1 Å². The minimum atomic E-state index is -1.28. The predicted molar refractivity (Wildman–Crippen MR) is 86.7 cm³/mol. The highest BCUT2D eigenvalue weighted by Gasteiger charge is 2.49. The van der Waals surface area contributed by atoms with Gasteiger partial charge in [-0.25, -0.2) is 4.79 Å². The van der Waals surface area contributed by atoms with Crippen LogP contribution in [-0.4, -0.2) is 47.3 Å². The number of imide groups is 1. The summed E-state index contributed by atoms with van der Waals surface area (Å²) >= 11 is 0. The molecule has 0 spiro atoms. The van der Waals surface area contributed by atoms with Crippen LogP contribution in [0, 0.1) is 11.3 Å². The Bertz CT molecular complexity index is 721. The highest BCUT2D eigenvalue weighted by molar-refractivity contribution is 6.09. The van der Waals surface area contributed by atoms with Crippen molar-refractivity contribution in [3.05, 3.63) is 35.4 Å². The molecule has 1 fully saturated rings. The molecule has 1 heterocycles. The van der Waals surface area contributed by atoms with Gasteiger partial charge < -0.3 is 10.2 Å². The Morgan fingerprint density at radius 1 is 1.33 bits per heavy atom. The number of hydrogen-bond acceptors (Lipinski definition) is 4. The first-order chi connectivity index (χ1) is 11.4. The number of carbonyl (C=O) groups excluding carboxylic acids is 3. The molecule has 0 unspecified atom stereocenters. The highest BCUT2D eigenvalue weighted by Crippen LogP contribution is 2.29. The molecule has 24 heavy (non-hydrogen) atoms. The van der Waals surface area contributed by atoms with Crippen LogP contribution in [0.1, 0.15) is 31.9 Å². The van der Waals surface area contributed by atoms with E-state index in [4.69, 9.17) is 5.26 Å². The van der Waals surface area contributed by atoms with E-state index in [1.54, 1.807) is 36.1 Å². The molecule has 1 N–H and O–H groups in total. The predicted octanol–water partition coefficient (Wildman–Crippen LogP) is 1.19. The fraction of sp³-hybridized carbons (Fsp3) is 0.412. The molecule has 126 valence electrons. The van der Waals surface area contributed by atoms with Crippen molar-refractivity contribution in [3.8, 4) is 6.07 Å². The minimum Gasteiger partial charge on any atom is -0.342 e. The summed E-state index contributed by atoms with van der Waals surface area (Å²) in [6, 6.07) is 7.92. The molecule has 7 heteroatoms. The molecule has 0 saturated carbocycles. The molecular formula is C17H20N4O3. The zero-order chi connectivity index (χ0) is 17.9. The summed E-state index contributed by atoms with van der Waals surface area (Å²) in [6.45, 7) is 5.99. The summed E-state index contributed by atoms with van der Waals surface area (Å²) in [4.78, 5) is 39.7. The van der Waals surface area contributed by atoms with Gasteiger partial charge in [0.2, 0.25) is 5.91 Å². The number of nitrogens with one attached hydrogen (secondary N) is 1. The first-order valence-electron chi connectivity index (χ1n) is 7.79. The fourth-order valence-corrected chi connectivity index (χ4v) is 2.75. The van der Waals surface area contributed by atoms with Crippen molar-refractivity contribution in [1.29, 1.82) is 5.26 Å². The smallest absolute Gasteiger partial charge is 0.325 e. The second kappa shape index (κ2) is 6.71. The topological polar surface area (TPSA) is 93.5 Å². The molecule has 1 aromatic rings. The summed E-state index contributed by atoms with van der Waals surface area (Å²) in [6.07, 6.45) is 0. The summed E-state index contributed by atoms with van der Waals surface area (Å²) in [5, 5.41) is 11.6. The first-order valence-corrected chi connectivity index (χ1v) is 7.79. The van der Waals surface area contributed by atoms with Crippen LogP contribution in [0.5, 0.6) is 0 Å². The number of nitriles is 1. The standard InChI is InChI=1S/C17H20N4O3/c1-4-20(5-2)14(22)11-21-15(23)17(3,19-16(21)24)13-8-6-7-12(9-13)10-18/h6-9H,4-5,11H2,1-3H3,(H,19,24)/t17-/m0/s1. The summed E-state index contributed by atoms with van der Waals surface area (Å²) in [5.74, 6) is -0.776. The minimum absolute atomic E-state index is 0.279. The fourth-order valence-electron chi connectivity index (χ4n) is 2.75. The van der Waals surface area contributed by atoms with E-state index >= 15 is 0 Å². The number of carbonyl (C=O) groups is 3. The lowest BCUT2D eigenvalue weighted by Gasteiger charge is -2.24. The molecule has 1 aliphatic heterocycles. The zero-order valence-electron chi connectivity index (χ0n) is 14.0. The van der Waals surface area contributed by atoms with Gasteiger partial charge in [0.15, 0.2) is 0 Å². The Kier molecular flexibility index (Phi) is 4.88. The number of urea groups is 1. The highest BCUT2D eigenvalue weighted by atomic mass is 16.2. The maximum Gasteiger partial charge on any atom is 0.325 e. The van der Waals surface area contributed by atoms with E-state index in [9.17, 15) is 14.4 Å². The van der Waals surface area contributed by atoms with Crippen LogP contribution in [-0.2, 0) is 15.1 Å². The van der Waals surface area contributed by atoms with Crippen LogP contribution in [0.3, 0.4) is 0 Å². The van der Waals surface area contributed by atoms with Gasteiger partial charge in [0.05, 0.1) is 11.6 Å². The van der Waals surface area contributed by atoms with Gasteiger partial charge in [-0.15, -0.1) is 0 Å². The Labute approximate surface area is 140 Å². The Hall–Kier alpha value is -2.88. The number of amides is 4. The van der Waals surface area contributed by atoms with Crippen LogP contribution >= 0.6 is 0 Å². The van der Waals surface area contributed by atoms with Gasteiger partial charge in [-0.1, -0.05) is 12.1 Å². The lowest BCUT2D eigenvalue weighted by molar-refractivity contribution is -0.138. The summed E-state index contributed by atoms with van der Waals surface area (Å²) < 4.78 is 0. The molecule has 2 rings (SSSR count). The van der Waals surface area contributed by atoms with Crippen molar-refractivity contribution >= 4 is 17.8 Å². The van der Waals surface area contributed by atoms with Crippen molar-refractivity contribution in [3.63, 3.8) is 0 Å². The Morgan fingerprint density at radius 2 is 2.00 bits per heavy atom. The Balaban J connectivity index is 2.27.